The highest BCUT2D eigenvalue weighted by Crippen LogP contribution is 2.39. The van der Waals surface area contributed by atoms with Crippen molar-refractivity contribution in [2.75, 3.05) is 23.3 Å². The van der Waals surface area contributed by atoms with E-state index in [2.05, 4.69) is 48.6 Å². The first-order chi connectivity index (χ1) is 20.9. The Morgan fingerprint density at radius 1 is 1.05 bits per heavy atom. The molecule has 11 heteroatoms. The van der Waals surface area contributed by atoms with Crippen molar-refractivity contribution in [3.05, 3.63) is 60.2 Å². The van der Waals surface area contributed by atoms with Gasteiger partial charge < -0.3 is 30.2 Å². The van der Waals surface area contributed by atoms with Crippen LogP contribution in [0, 0.1) is 0 Å². The number of oxazole rings is 1. The lowest BCUT2D eigenvalue weighted by molar-refractivity contribution is 0.100. The highest BCUT2D eigenvalue weighted by molar-refractivity contribution is 5.93. The number of hydrogen-bond donors (Lipinski definition) is 3. The number of nitrogens with one attached hydrogen (secondary N) is 2. The predicted molar refractivity (Wildman–Crippen MR) is 163 cm³/mol. The number of rotatable bonds is 9. The Balaban J connectivity index is 1.00. The first-order valence-electron chi connectivity index (χ1n) is 15.4. The predicted octanol–water partition coefficient (Wildman–Crippen LogP) is 5.13. The summed E-state index contributed by atoms with van der Waals surface area (Å²) in [4.78, 5) is 27.8. The van der Waals surface area contributed by atoms with Gasteiger partial charge in [-0.1, -0.05) is 30.1 Å². The molecule has 3 fully saturated rings. The number of nitrogens with zero attached hydrogens (tertiary/aromatic N) is 5. The van der Waals surface area contributed by atoms with Crippen LogP contribution >= 0.6 is 0 Å². The van der Waals surface area contributed by atoms with Crippen LogP contribution in [0.2, 0.25) is 0 Å². The number of hydrogen-bond acceptors (Lipinski definition) is 10. The second kappa shape index (κ2) is 11.4. The topological polar surface area (TPSA) is 148 Å². The standard InChI is InChI=1S/C32H38N8O3/c1-32(14-5-15-40(19-32)23-12-13-26(34-17-23)29-37-30(43-39-29)20-10-11-20)38-25-9-3-2-8-24(25)36-31-35-18-27(42-31)21-6-4-7-22(16-21)28(33)41/h4,6-7,12-13,16-18,20,24-25,38H,2-3,5,8-11,14-15,19H2,1H3,(H2,33,41)(H,35,36). The van der Waals surface area contributed by atoms with E-state index in [-0.39, 0.29) is 17.6 Å². The summed E-state index contributed by atoms with van der Waals surface area (Å²) in [6, 6.07) is 12.2. The Kier molecular flexibility index (Phi) is 7.34. The van der Waals surface area contributed by atoms with Gasteiger partial charge in [-0.2, -0.15) is 4.98 Å². The van der Waals surface area contributed by atoms with E-state index in [1.807, 2.05) is 18.3 Å². The molecule has 1 aromatic carbocycles. The molecule has 0 spiro atoms. The third-order valence-corrected chi connectivity index (χ3v) is 8.95. The molecule has 1 aliphatic heterocycles. The fourth-order valence-electron chi connectivity index (χ4n) is 6.50. The van der Waals surface area contributed by atoms with Gasteiger partial charge in [-0.05, 0) is 69.7 Å². The zero-order chi connectivity index (χ0) is 29.4. The van der Waals surface area contributed by atoms with Gasteiger partial charge in [-0.15, -0.1) is 0 Å². The molecule has 11 nitrogen and oxygen atoms in total. The van der Waals surface area contributed by atoms with Crippen molar-refractivity contribution >= 4 is 17.6 Å². The number of primary amides is 1. The van der Waals surface area contributed by atoms with E-state index in [1.54, 1.807) is 24.4 Å². The molecule has 43 heavy (non-hydrogen) atoms. The molecule has 4 N–H and O–H groups in total. The van der Waals surface area contributed by atoms with Gasteiger partial charge in [0.1, 0.15) is 5.69 Å². The molecule has 2 saturated carbocycles. The fourth-order valence-corrected chi connectivity index (χ4v) is 6.50. The average molecular weight is 583 g/mol. The van der Waals surface area contributed by atoms with Crippen molar-refractivity contribution in [2.24, 2.45) is 5.73 Å². The van der Waals surface area contributed by atoms with Gasteiger partial charge in [0.15, 0.2) is 5.76 Å². The molecule has 0 radical (unpaired) electrons. The summed E-state index contributed by atoms with van der Waals surface area (Å²) in [6.07, 6.45) is 12.6. The van der Waals surface area contributed by atoms with Gasteiger partial charge in [0.05, 0.1) is 18.1 Å². The van der Waals surface area contributed by atoms with Gasteiger partial charge in [0, 0.05) is 47.8 Å². The van der Waals surface area contributed by atoms with Gasteiger partial charge in [-0.3, -0.25) is 9.78 Å². The summed E-state index contributed by atoms with van der Waals surface area (Å²) < 4.78 is 11.5. The summed E-state index contributed by atoms with van der Waals surface area (Å²) in [6.45, 7) is 4.22. The minimum absolute atomic E-state index is 0.0529. The average Bonchev–Trinajstić information content (AvgIpc) is 3.56. The van der Waals surface area contributed by atoms with Crippen molar-refractivity contribution in [3.8, 4) is 22.8 Å². The number of amides is 1. The van der Waals surface area contributed by atoms with Gasteiger partial charge in [-0.25, -0.2) is 4.98 Å². The molecule has 4 heterocycles. The second-order valence-corrected chi connectivity index (χ2v) is 12.5. The Morgan fingerprint density at radius 3 is 2.70 bits per heavy atom. The zero-order valence-corrected chi connectivity index (χ0v) is 24.5. The van der Waals surface area contributed by atoms with Crippen LogP contribution in [-0.4, -0.2) is 56.7 Å². The van der Waals surface area contributed by atoms with Crippen LogP contribution in [-0.2, 0) is 0 Å². The molecule has 224 valence electrons. The van der Waals surface area contributed by atoms with Crippen LogP contribution in [0.4, 0.5) is 11.7 Å². The van der Waals surface area contributed by atoms with Crippen molar-refractivity contribution in [1.29, 1.82) is 0 Å². The third-order valence-electron chi connectivity index (χ3n) is 8.95. The van der Waals surface area contributed by atoms with E-state index in [1.165, 1.54) is 6.42 Å². The maximum Gasteiger partial charge on any atom is 0.295 e. The number of carbonyl (C=O) groups is 1. The summed E-state index contributed by atoms with van der Waals surface area (Å²) in [5, 5.41) is 11.7. The van der Waals surface area contributed by atoms with Crippen LogP contribution in [0.15, 0.2) is 57.7 Å². The van der Waals surface area contributed by atoms with Crippen molar-refractivity contribution < 1.29 is 13.7 Å². The maximum absolute atomic E-state index is 11.6. The molecule has 3 aliphatic rings. The zero-order valence-electron chi connectivity index (χ0n) is 24.5. The molecule has 1 saturated heterocycles. The molecule has 4 aromatic rings. The summed E-state index contributed by atoms with van der Waals surface area (Å²) in [5.74, 6) is 1.85. The highest BCUT2D eigenvalue weighted by Gasteiger charge is 2.37. The number of piperidine rings is 1. The molecular weight excluding hydrogens is 544 g/mol. The Bertz CT molecular complexity index is 1580. The van der Waals surface area contributed by atoms with Crippen LogP contribution in [0.1, 0.15) is 80.5 Å². The minimum Gasteiger partial charge on any atom is -0.424 e. The Hall–Kier alpha value is -4.25. The quantitative estimate of drug-likeness (QED) is 0.242. The smallest absolute Gasteiger partial charge is 0.295 e. The molecular formula is C32H38N8O3. The van der Waals surface area contributed by atoms with E-state index >= 15 is 0 Å². The third kappa shape index (κ3) is 6.13. The summed E-state index contributed by atoms with van der Waals surface area (Å²) >= 11 is 0. The lowest BCUT2D eigenvalue weighted by Gasteiger charge is -2.46. The van der Waals surface area contributed by atoms with Gasteiger partial charge >= 0.3 is 0 Å². The number of anilines is 2. The minimum atomic E-state index is -0.468. The summed E-state index contributed by atoms with van der Waals surface area (Å²) in [7, 11) is 0. The van der Waals surface area contributed by atoms with Gasteiger partial charge in [0.25, 0.3) is 6.01 Å². The van der Waals surface area contributed by atoms with Crippen molar-refractivity contribution in [3.63, 3.8) is 0 Å². The summed E-state index contributed by atoms with van der Waals surface area (Å²) in [5.41, 5.74) is 8.46. The van der Waals surface area contributed by atoms with E-state index < -0.39 is 5.91 Å². The SMILES string of the molecule is CC1(NC2CCCCC2Nc2ncc(-c3cccc(C(N)=O)c3)o2)CCCN(c2ccc(-c3noc(C4CC4)n3)nc2)C1. The lowest BCUT2D eigenvalue weighted by Crippen LogP contribution is -2.61. The first kappa shape index (κ1) is 27.6. The second-order valence-electron chi connectivity index (χ2n) is 12.5. The molecule has 1 amide bonds. The normalized spacial score (nSPS) is 24.2. The Labute approximate surface area is 250 Å². The molecule has 2 aliphatic carbocycles. The van der Waals surface area contributed by atoms with Crippen molar-refractivity contribution in [1.82, 2.24) is 25.4 Å². The largest absolute Gasteiger partial charge is 0.424 e. The molecule has 3 atom stereocenters. The highest BCUT2D eigenvalue weighted by atomic mass is 16.5. The molecule has 3 aromatic heterocycles. The number of pyridine rings is 1. The van der Waals surface area contributed by atoms with Crippen LogP contribution in [0.3, 0.4) is 0 Å². The van der Waals surface area contributed by atoms with Gasteiger partial charge in [0.2, 0.25) is 17.6 Å². The lowest BCUT2D eigenvalue weighted by atomic mass is 9.84. The first-order valence-corrected chi connectivity index (χ1v) is 15.4. The number of benzene rings is 1. The molecule has 0 bridgehead atoms. The van der Waals surface area contributed by atoms with Crippen LogP contribution < -0.4 is 21.3 Å². The monoisotopic (exact) mass is 582 g/mol. The fraction of sp³-hybridized carbons (Fsp3) is 0.469. The number of carbonyl (C=O) groups excluding carboxylic acids is 1. The van der Waals surface area contributed by atoms with E-state index in [4.69, 9.17) is 14.7 Å². The van der Waals surface area contributed by atoms with E-state index in [0.717, 1.165) is 80.9 Å². The van der Waals surface area contributed by atoms with E-state index in [9.17, 15) is 4.79 Å². The van der Waals surface area contributed by atoms with Crippen LogP contribution in [0.25, 0.3) is 22.8 Å². The maximum atomic E-state index is 11.6. The van der Waals surface area contributed by atoms with Crippen LogP contribution in [0.5, 0.6) is 0 Å². The van der Waals surface area contributed by atoms with Crippen molar-refractivity contribution in [2.45, 2.75) is 81.8 Å². The Morgan fingerprint density at radius 2 is 1.91 bits per heavy atom. The molecule has 7 rings (SSSR count). The van der Waals surface area contributed by atoms with E-state index in [0.29, 0.717) is 29.1 Å². The number of nitrogens with two attached hydrogens (primary N) is 1. The number of aromatic nitrogens is 4. The molecule has 3 unspecified atom stereocenters.